The third-order valence-corrected chi connectivity index (χ3v) is 8.55. The minimum absolute atomic E-state index is 0.0540. The van der Waals surface area contributed by atoms with Gasteiger partial charge in [0.2, 0.25) is 5.91 Å². The Labute approximate surface area is 302 Å². The molecule has 52 heavy (non-hydrogen) atoms. The average Bonchev–Trinajstić information content (AvgIpc) is 3.44. The number of nitrogens with one attached hydrogen (secondary N) is 1. The van der Waals surface area contributed by atoms with E-state index in [0.29, 0.717) is 33.7 Å². The number of anilines is 4. The molecule has 266 valence electrons. The highest BCUT2D eigenvalue weighted by molar-refractivity contribution is 6.25. The number of benzene rings is 4. The lowest BCUT2D eigenvalue weighted by Gasteiger charge is -2.31. The quantitative estimate of drug-likeness (QED) is 0.144. The smallest absolute Gasteiger partial charge is 0.326 e. The van der Waals surface area contributed by atoms with Crippen LogP contribution in [0.1, 0.15) is 45.1 Å². The van der Waals surface area contributed by atoms with E-state index in [1.165, 1.54) is 14.4 Å². The molecule has 11 nitrogen and oxygen atoms in total. The first-order chi connectivity index (χ1) is 24.8. The molecular weight excluding hydrogens is 658 g/mol. The number of amides is 4. The molecule has 2 heterocycles. The van der Waals surface area contributed by atoms with Crippen molar-refractivity contribution in [3.8, 4) is 0 Å². The number of nitrogens with zero attached hydrogens (tertiary/aromatic N) is 4. The van der Waals surface area contributed by atoms with Crippen molar-refractivity contribution in [1.29, 1.82) is 0 Å². The van der Waals surface area contributed by atoms with Crippen LogP contribution in [-0.4, -0.2) is 58.4 Å². The van der Waals surface area contributed by atoms with Crippen molar-refractivity contribution >= 4 is 63.3 Å². The summed E-state index contributed by atoms with van der Waals surface area (Å²) in [7, 11) is 0. The third kappa shape index (κ3) is 7.29. The first-order valence-electron chi connectivity index (χ1n) is 17.1. The normalized spacial score (nSPS) is 14.6. The van der Waals surface area contributed by atoms with E-state index in [9.17, 15) is 24.0 Å². The van der Waals surface area contributed by atoms with Crippen molar-refractivity contribution in [1.82, 2.24) is 9.88 Å². The molecule has 0 saturated heterocycles. The highest BCUT2D eigenvalue weighted by Gasteiger charge is 2.43. The highest BCUT2D eigenvalue weighted by Crippen LogP contribution is 2.38. The van der Waals surface area contributed by atoms with E-state index in [1.54, 1.807) is 111 Å². The summed E-state index contributed by atoms with van der Waals surface area (Å²) in [6.45, 7) is 8.32. The van der Waals surface area contributed by atoms with E-state index in [2.05, 4.69) is 5.32 Å². The van der Waals surface area contributed by atoms with E-state index < -0.39 is 41.9 Å². The van der Waals surface area contributed by atoms with E-state index in [4.69, 9.17) is 4.74 Å². The van der Waals surface area contributed by atoms with Gasteiger partial charge in [-0.1, -0.05) is 66.7 Å². The van der Waals surface area contributed by atoms with Crippen LogP contribution in [-0.2, 0) is 30.5 Å². The molecule has 1 atom stereocenters. The van der Waals surface area contributed by atoms with Gasteiger partial charge < -0.3 is 19.5 Å². The number of ether oxygens (including phenoxy) is 1. The van der Waals surface area contributed by atoms with Crippen molar-refractivity contribution < 1.29 is 28.7 Å². The van der Waals surface area contributed by atoms with Gasteiger partial charge in [0.25, 0.3) is 17.7 Å². The van der Waals surface area contributed by atoms with Gasteiger partial charge in [-0.05, 0) is 83.1 Å². The molecule has 4 aromatic carbocycles. The largest absolute Gasteiger partial charge is 0.459 e. The maximum atomic E-state index is 14.7. The topological polar surface area (TPSA) is 121 Å². The van der Waals surface area contributed by atoms with Crippen LogP contribution in [0.2, 0.25) is 0 Å². The zero-order valence-corrected chi connectivity index (χ0v) is 29.8. The van der Waals surface area contributed by atoms with E-state index in [0.717, 1.165) is 0 Å². The second-order valence-corrected chi connectivity index (χ2v) is 13.8. The summed E-state index contributed by atoms with van der Waals surface area (Å²) in [5, 5.41) is 3.38. The molecule has 1 aliphatic rings. The molecule has 1 N–H and O–H groups in total. The summed E-state index contributed by atoms with van der Waals surface area (Å²) in [6, 6.07) is 31.5. The second-order valence-electron chi connectivity index (χ2n) is 13.8. The van der Waals surface area contributed by atoms with Gasteiger partial charge in [0.15, 0.2) is 6.04 Å². The average molecular weight is 700 g/mol. The fraction of sp³-hybridized carbons (Fsp3) is 0.244. The Bertz CT molecular complexity index is 2140. The Hall–Kier alpha value is -6.23. The molecular formula is C41H41N5O6. The maximum absolute atomic E-state index is 14.7. The van der Waals surface area contributed by atoms with Gasteiger partial charge in [0, 0.05) is 28.3 Å². The van der Waals surface area contributed by atoms with Crippen LogP contribution in [0.15, 0.2) is 115 Å². The molecule has 4 amide bonds. The number of rotatable bonds is 9. The summed E-state index contributed by atoms with van der Waals surface area (Å²) < 4.78 is 7.07. The molecule has 0 aliphatic carbocycles. The Kier molecular flexibility index (Phi) is 9.96. The number of esters is 1. The molecule has 5 aromatic rings. The summed E-state index contributed by atoms with van der Waals surface area (Å²) >= 11 is 0. The third-order valence-electron chi connectivity index (χ3n) is 8.55. The zero-order chi connectivity index (χ0) is 37.2. The Morgan fingerprint density at radius 1 is 0.769 bits per heavy atom. The molecule has 0 radical (unpaired) electrons. The van der Waals surface area contributed by atoms with E-state index >= 15 is 0 Å². The second kappa shape index (κ2) is 14.6. The lowest BCUT2D eigenvalue weighted by molar-refractivity contribution is -0.155. The first kappa shape index (κ1) is 35.6. The summed E-state index contributed by atoms with van der Waals surface area (Å²) in [4.78, 5) is 75.1. The molecule has 0 spiro atoms. The summed E-state index contributed by atoms with van der Waals surface area (Å²) in [6.07, 6.45) is 0. The predicted molar refractivity (Wildman–Crippen MR) is 200 cm³/mol. The van der Waals surface area contributed by atoms with Gasteiger partial charge in [-0.2, -0.15) is 0 Å². The monoisotopic (exact) mass is 699 g/mol. The number of aromatic nitrogens is 1. The number of fused-ring (bicyclic) bond motifs is 2. The predicted octanol–water partition coefficient (Wildman–Crippen LogP) is 6.23. The van der Waals surface area contributed by atoms with Crippen LogP contribution in [0.4, 0.5) is 22.7 Å². The van der Waals surface area contributed by atoms with Crippen LogP contribution in [0.5, 0.6) is 0 Å². The summed E-state index contributed by atoms with van der Waals surface area (Å²) in [5.74, 6) is -3.21. The van der Waals surface area contributed by atoms with Crippen LogP contribution in [0.3, 0.4) is 0 Å². The van der Waals surface area contributed by atoms with Gasteiger partial charge >= 0.3 is 5.97 Å². The van der Waals surface area contributed by atoms with E-state index in [-0.39, 0.29) is 24.2 Å². The molecule has 1 aromatic heterocycles. The van der Waals surface area contributed by atoms with Crippen molar-refractivity contribution in [2.24, 2.45) is 0 Å². The van der Waals surface area contributed by atoms with Crippen LogP contribution in [0, 0.1) is 0 Å². The molecule has 1 aliphatic heterocycles. The number of para-hydroxylation sites is 5. The Morgan fingerprint density at radius 3 is 2.02 bits per heavy atom. The number of hydrogen-bond donors (Lipinski definition) is 1. The molecule has 0 bridgehead atoms. The SMILES string of the molecule is CC(C)N(C(=O)CN1C(=O)C(NC(=O)c2cc3ccccc3n2CC(=O)OC(C)(C)C)C(=O)N(c2ccccc2)c2ccccc21)c1ccccc1. The van der Waals surface area contributed by atoms with Gasteiger partial charge in [0.1, 0.15) is 24.4 Å². The van der Waals surface area contributed by atoms with Gasteiger partial charge in [0.05, 0.1) is 11.4 Å². The summed E-state index contributed by atoms with van der Waals surface area (Å²) in [5.41, 5.74) is 1.70. The Balaban J connectivity index is 1.43. The van der Waals surface area contributed by atoms with Crippen LogP contribution < -0.4 is 20.0 Å². The lowest BCUT2D eigenvalue weighted by atomic mass is 10.1. The zero-order valence-electron chi connectivity index (χ0n) is 29.8. The Morgan fingerprint density at radius 2 is 1.37 bits per heavy atom. The minimum Gasteiger partial charge on any atom is -0.459 e. The number of carbonyl (C=O) groups is 5. The van der Waals surface area contributed by atoms with Crippen molar-refractivity contribution in [2.45, 2.75) is 58.8 Å². The molecule has 0 saturated carbocycles. The van der Waals surface area contributed by atoms with Crippen molar-refractivity contribution in [2.75, 3.05) is 21.2 Å². The van der Waals surface area contributed by atoms with Crippen molar-refractivity contribution in [3.63, 3.8) is 0 Å². The van der Waals surface area contributed by atoms with Gasteiger partial charge in [-0.25, -0.2) is 0 Å². The molecule has 0 fully saturated rings. The van der Waals surface area contributed by atoms with Crippen molar-refractivity contribution in [3.05, 3.63) is 121 Å². The van der Waals surface area contributed by atoms with Crippen LogP contribution >= 0.6 is 0 Å². The lowest BCUT2D eigenvalue weighted by Crippen LogP contribution is -2.56. The highest BCUT2D eigenvalue weighted by atomic mass is 16.6. The standard InChI is InChI=1S/C41H41N5O6/c1-27(2)45(29-17-8-6-9-18-29)35(47)25-44-32-22-14-15-23-33(32)46(30-19-10-7-11-20-30)40(51)37(39(44)50)42-38(49)34-24-28-16-12-13-21-31(28)43(34)26-36(48)52-41(3,4)5/h6-24,27,37H,25-26H2,1-5H3,(H,42,49). The number of carbonyl (C=O) groups excluding carboxylic acids is 5. The number of hydrogen-bond acceptors (Lipinski definition) is 6. The van der Waals surface area contributed by atoms with Gasteiger partial charge in [-0.3, -0.25) is 33.8 Å². The molecule has 6 rings (SSSR count). The molecule has 1 unspecified atom stereocenters. The molecule has 11 heteroatoms. The fourth-order valence-corrected chi connectivity index (χ4v) is 6.45. The minimum atomic E-state index is -1.75. The first-order valence-corrected chi connectivity index (χ1v) is 17.1. The van der Waals surface area contributed by atoms with E-state index in [1.807, 2.05) is 44.2 Å². The fourth-order valence-electron chi connectivity index (χ4n) is 6.45. The van der Waals surface area contributed by atoms with Crippen LogP contribution in [0.25, 0.3) is 10.9 Å². The van der Waals surface area contributed by atoms with Gasteiger partial charge in [-0.15, -0.1) is 0 Å². The maximum Gasteiger partial charge on any atom is 0.326 e.